The Kier molecular flexibility index (Phi) is 6.79. The number of imidazole rings is 1. The number of aromatic nitrogens is 4. The van der Waals surface area contributed by atoms with E-state index in [9.17, 15) is 28.8 Å². The van der Waals surface area contributed by atoms with E-state index in [1.165, 1.54) is 17.2 Å². The lowest BCUT2D eigenvalue weighted by Crippen LogP contribution is -2.33. The average molecular weight is 501 g/mol. The van der Waals surface area contributed by atoms with Crippen LogP contribution in [-0.2, 0) is 27.3 Å². The molecule has 2 unspecified atom stereocenters. The van der Waals surface area contributed by atoms with E-state index in [1.54, 1.807) is 0 Å². The van der Waals surface area contributed by atoms with Crippen molar-refractivity contribution in [2.75, 3.05) is 18.2 Å². The molecule has 2 aromatic rings. The molecule has 0 bridgehead atoms. The molecule has 1 fully saturated rings. The van der Waals surface area contributed by atoms with Gasteiger partial charge in [-0.15, -0.1) is 0 Å². The summed E-state index contributed by atoms with van der Waals surface area (Å²) in [6.45, 7) is -0.651. The molecule has 0 spiro atoms. The number of nitrogens with zero attached hydrogens (tertiary/aromatic N) is 4. The number of nitrogen functional groups attached to an aromatic ring is 1. The van der Waals surface area contributed by atoms with Crippen molar-refractivity contribution >= 4 is 47.2 Å². The predicted molar refractivity (Wildman–Crippen MR) is 106 cm³/mol. The molecular weight excluding hydrogens is 482 g/mol. The molecule has 1 aliphatic rings. The van der Waals surface area contributed by atoms with E-state index in [-0.39, 0.29) is 17.0 Å². The van der Waals surface area contributed by atoms with Gasteiger partial charge in [0.15, 0.2) is 23.6 Å². The van der Waals surface area contributed by atoms with E-state index in [0.29, 0.717) is 0 Å². The van der Waals surface area contributed by atoms with Crippen LogP contribution in [-0.4, -0.2) is 82.8 Å². The number of aliphatic hydroxyl groups is 2. The minimum atomic E-state index is -4.95. The number of hydrogen-bond acceptors (Lipinski definition) is 12. The molecule has 2 aromatic heterocycles. The molecule has 1 saturated heterocycles. The van der Waals surface area contributed by atoms with Crippen molar-refractivity contribution in [1.29, 1.82) is 0 Å². The molecule has 7 N–H and O–H groups in total. The van der Waals surface area contributed by atoms with Crippen LogP contribution in [0, 0.1) is 0 Å². The highest BCUT2D eigenvalue weighted by Crippen LogP contribution is 2.64. The number of fused-ring (bicyclic) bond motifs is 1. The second-order valence-corrected chi connectivity index (χ2v) is 12.9. The Labute approximate surface area is 175 Å². The monoisotopic (exact) mass is 501 g/mol. The van der Waals surface area contributed by atoms with Gasteiger partial charge < -0.3 is 39.9 Å². The number of ether oxygens (including phenoxy) is 1. The Bertz CT molecular complexity index is 1110. The van der Waals surface area contributed by atoms with Gasteiger partial charge in [-0.3, -0.25) is 18.3 Å². The first-order chi connectivity index (χ1) is 14.2. The highest BCUT2D eigenvalue weighted by molar-refractivity contribution is 7.85. The van der Waals surface area contributed by atoms with Crippen LogP contribution >= 0.6 is 22.7 Å². The summed E-state index contributed by atoms with van der Waals surface area (Å²) < 4.78 is 51.1. The zero-order valence-corrected chi connectivity index (χ0v) is 18.5. The number of hydrogen-bond donors (Lipinski definition) is 6. The maximum Gasteiger partial charge on any atom is 0.346 e. The van der Waals surface area contributed by atoms with Gasteiger partial charge >= 0.3 is 15.2 Å². The summed E-state index contributed by atoms with van der Waals surface area (Å²) in [6, 6.07) is 0. The molecule has 6 atom stereocenters. The predicted octanol–water partition coefficient (Wildman–Crippen LogP) is -1.88. The van der Waals surface area contributed by atoms with Crippen molar-refractivity contribution in [1.82, 2.24) is 19.5 Å². The topological polar surface area (TPSA) is 250 Å². The van der Waals surface area contributed by atoms with E-state index in [4.69, 9.17) is 24.8 Å². The van der Waals surface area contributed by atoms with Crippen molar-refractivity contribution in [2.24, 2.45) is 0 Å². The number of nitrogens with two attached hydrogens (primary N) is 1. The Balaban J connectivity index is 1.69. The lowest BCUT2D eigenvalue weighted by molar-refractivity contribution is -0.0478. The van der Waals surface area contributed by atoms with Gasteiger partial charge in [-0.25, -0.2) is 19.3 Å². The SMILES string of the molecule is BP(=O)(OC[C@H]1O[C@@H](n2cnc3c(N)ncnc32)[C@H](O)[C@@H]1O)OP(=O)(O)CP(=O)(O)O. The van der Waals surface area contributed by atoms with Crippen LogP contribution in [0.1, 0.15) is 6.23 Å². The minimum Gasteiger partial charge on any atom is -0.387 e. The normalized spacial score (nSPS) is 28.4. The largest absolute Gasteiger partial charge is 0.387 e. The van der Waals surface area contributed by atoms with Crippen molar-refractivity contribution in [3.05, 3.63) is 12.7 Å². The van der Waals surface area contributed by atoms with E-state index in [2.05, 4.69) is 19.3 Å². The summed E-state index contributed by atoms with van der Waals surface area (Å²) in [4.78, 5) is 38.9. The van der Waals surface area contributed by atoms with E-state index in [0.717, 1.165) is 7.57 Å². The Morgan fingerprint density at radius 1 is 1.16 bits per heavy atom. The number of anilines is 1. The Morgan fingerprint density at radius 3 is 2.48 bits per heavy atom. The molecule has 0 amide bonds. The summed E-state index contributed by atoms with van der Waals surface area (Å²) in [5.74, 6) is -1.46. The average Bonchev–Trinajstić information content (AvgIpc) is 3.13. The van der Waals surface area contributed by atoms with Gasteiger partial charge in [-0.1, -0.05) is 0 Å². The van der Waals surface area contributed by atoms with Crippen molar-refractivity contribution in [2.45, 2.75) is 24.5 Å². The van der Waals surface area contributed by atoms with Gasteiger partial charge in [0.1, 0.15) is 30.2 Å². The third-order valence-corrected chi connectivity index (χ3v) is 9.84. The van der Waals surface area contributed by atoms with Crippen LogP contribution in [0.25, 0.3) is 11.2 Å². The zero-order valence-electron chi connectivity index (χ0n) is 15.8. The number of aliphatic hydroxyl groups excluding tert-OH is 2. The zero-order chi connectivity index (χ0) is 23.2. The maximum absolute atomic E-state index is 12.3. The van der Waals surface area contributed by atoms with Gasteiger partial charge in [0, 0.05) is 0 Å². The molecule has 20 heteroatoms. The Hall–Kier alpha value is -1.22. The first-order valence-corrected chi connectivity index (χ1v) is 14.0. The van der Waals surface area contributed by atoms with Crippen molar-refractivity contribution < 1.29 is 52.2 Å². The lowest BCUT2D eigenvalue weighted by atomic mass is 10.1. The summed E-state index contributed by atoms with van der Waals surface area (Å²) >= 11 is 0. The third kappa shape index (κ3) is 5.78. The summed E-state index contributed by atoms with van der Waals surface area (Å²) in [7, 11) is -13.4. The fourth-order valence-corrected chi connectivity index (χ4v) is 7.87. The summed E-state index contributed by atoms with van der Waals surface area (Å²) in [6.07, 6.45) is -3.02. The van der Waals surface area contributed by atoms with Gasteiger partial charge in [0.25, 0.3) is 15.0 Å². The molecule has 0 saturated carbocycles. The fourth-order valence-electron chi connectivity index (χ4n) is 2.88. The van der Waals surface area contributed by atoms with Crippen LogP contribution in [0.15, 0.2) is 12.7 Å². The molecule has 1 aliphatic heterocycles. The quantitative estimate of drug-likeness (QED) is 0.171. The smallest absolute Gasteiger partial charge is 0.346 e. The lowest BCUT2D eigenvalue weighted by Gasteiger charge is -2.21. The molecule has 31 heavy (non-hydrogen) atoms. The standard InChI is InChI=1S/C11H19BN5O11P3/c12-31(25,28-30(23,24)4-29(20,21)22)26-1-5-7(18)8(19)11(27-5)17-3-16-6-9(13)14-2-15-10(6)17/h2-3,5,7-8,11,18-19H,1,4,12H2,(H,23,24)(H2,13,14,15)(H2,20,21,22)/t5-,7-,8-,11-,31?/m1/s1. The molecule has 0 aromatic carbocycles. The first kappa shape index (κ1) is 24.4. The van der Waals surface area contributed by atoms with E-state index >= 15 is 0 Å². The third-order valence-electron chi connectivity index (χ3n) is 4.11. The molecule has 16 nitrogen and oxygen atoms in total. The van der Waals surface area contributed by atoms with Crippen LogP contribution in [0.4, 0.5) is 5.82 Å². The molecule has 3 heterocycles. The highest BCUT2D eigenvalue weighted by Gasteiger charge is 2.45. The molecular formula is C11H19BN5O11P3. The molecule has 3 rings (SSSR count). The van der Waals surface area contributed by atoms with E-state index < -0.39 is 59.7 Å². The Morgan fingerprint density at radius 2 is 1.84 bits per heavy atom. The van der Waals surface area contributed by atoms with E-state index in [1.807, 2.05) is 0 Å². The maximum atomic E-state index is 12.3. The molecule has 0 aliphatic carbocycles. The second-order valence-electron chi connectivity index (χ2n) is 6.72. The number of rotatable bonds is 8. The molecule has 172 valence electrons. The van der Waals surface area contributed by atoms with Crippen LogP contribution in [0.2, 0.25) is 0 Å². The van der Waals surface area contributed by atoms with Crippen molar-refractivity contribution in [3.8, 4) is 0 Å². The second kappa shape index (κ2) is 8.62. The van der Waals surface area contributed by atoms with Crippen LogP contribution < -0.4 is 5.73 Å². The molecule has 0 radical (unpaired) electrons. The van der Waals surface area contributed by atoms with Gasteiger partial charge in [-0.05, 0) is 0 Å². The minimum absolute atomic E-state index is 0.0875. The van der Waals surface area contributed by atoms with Gasteiger partial charge in [0.2, 0.25) is 0 Å². The van der Waals surface area contributed by atoms with Gasteiger partial charge in [0.05, 0.1) is 12.9 Å². The highest BCUT2D eigenvalue weighted by atomic mass is 31.3. The van der Waals surface area contributed by atoms with Crippen molar-refractivity contribution in [3.63, 3.8) is 0 Å². The fraction of sp³-hybridized carbons (Fsp3) is 0.545. The van der Waals surface area contributed by atoms with Crippen LogP contribution in [0.3, 0.4) is 0 Å². The first-order valence-electron chi connectivity index (χ1n) is 8.43. The van der Waals surface area contributed by atoms with Crippen LogP contribution in [0.5, 0.6) is 0 Å². The summed E-state index contributed by atoms with van der Waals surface area (Å²) in [5.41, 5.74) is 6.16. The summed E-state index contributed by atoms with van der Waals surface area (Å²) in [5, 5.41) is 20.6. The van der Waals surface area contributed by atoms with Gasteiger partial charge in [-0.2, -0.15) is 0 Å².